The van der Waals surface area contributed by atoms with E-state index >= 15 is 0 Å². The Kier molecular flexibility index (Phi) is 6.71. The molecule has 2 rings (SSSR count). The summed E-state index contributed by atoms with van der Waals surface area (Å²) >= 11 is -0.636. The number of hydrogen-bond donors (Lipinski definition) is 0. The molecule has 0 aromatic carbocycles. The van der Waals surface area contributed by atoms with Crippen molar-refractivity contribution in [3.63, 3.8) is 0 Å². The zero-order chi connectivity index (χ0) is 16.4. The minimum absolute atomic E-state index is 0.459. The molecule has 130 valence electrons. The molecule has 2 aliphatic rings. The first kappa shape index (κ1) is 18.6. The van der Waals surface area contributed by atoms with Crippen LogP contribution in [0.2, 0.25) is 0 Å². The van der Waals surface area contributed by atoms with Gasteiger partial charge in [-0.15, -0.1) is 0 Å². The van der Waals surface area contributed by atoms with E-state index in [0.29, 0.717) is 34.2 Å². The molecule has 6 unspecified atom stereocenters. The van der Waals surface area contributed by atoms with Crippen LogP contribution in [0.15, 0.2) is 0 Å². The molecule has 2 aliphatic carbocycles. The molecule has 0 saturated heterocycles. The molecule has 0 amide bonds. The van der Waals surface area contributed by atoms with Gasteiger partial charge in [0.15, 0.2) is 0 Å². The minimum Gasteiger partial charge on any atom is -0.616 e. The number of hydrogen-bond acceptors (Lipinski definition) is 1. The number of rotatable bonds is 4. The van der Waals surface area contributed by atoms with Crippen LogP contribution in [0, 0.1) is 35.5 Å². The SMILES string of the molecule is CC1CCC(C(C)C)C([S+]([O-])C2CC(C)CCC2C(C)C)C1. The maximum atomic E-state index is 13.6. The van der Waals surface area contributed by atoms with Gasteiger partial charge in [-0.3, -0.25) is 0 Å². The van der Waals surface area contributed by atoms with Crippen LogP contribution in [0.3, 0.4) is 0 Å². The Morgan fingerprint density at radius 1 is 0.727 bits per heavy atom. The first-order valence-corrected chi connectivity index (χ1v) is 11.0. The van der Waals surface area contributed by atoms with Gasteiger partial charge in [-0.1, -0.05) is 54.4 Å². The zero-order valence-corrected chi connectivity index (χ0v) is 16.5. The second kappa shape index (κ2) is 7.92. The lowest BCUT2D eigenvalue weighted by Gasteiger charge is -2.44. The largest absolute Gasteiger partial charge is 0.616 e. The lowest BCUT2D eigenvalue weighted by molar-refractivity contribution is 0.216. The van der Waals surface area contributed by atoms with Crippen molar-refractivity contribution in [3.05, 3.63) is 0 Å². The van der Waals surface area contributed by atoms with Gasteiger partial charge < -0.3 is 4.55 Å². The van der Waals surface area contributed by atoms with Crippen molar-refractivity contribution in [2.24, 2.45) is 35.5 Å². The van der Waals surface area contributed by atoms with E-state index in [1.54, 1.807) is 0 Å². The van der Waals surface area contributed by atoms with Crippen molar-refractivity contribution in [1.29, 1.82) is 0 Å². The Labute approximate surface area is 142 Å². The highest BCUT2D eigenvalue weighted by atomic mass is 32.2. The third-order valence-electron chi connectivity index (χ3n) is 6.52. The van der Waals surface area contributed by atoms with E-state index < -0.39 is 11.2 Å². The lowest BCUT2D eigenvalue weighted by atomic mass is 9.76. The molecule has 0 aromatic heterocycles. The predicted molar refractivity (Wildman–Crippen MR) is 98.4 cm³/mol. The molecule has 0 N–H and O–H groups in total. The first-order chi connectivity index (χ1) is 10.3. The van der Waals surface area contributed by atoms with Crippen molar-refractivity contribution in [1.82, 2.24) is 0 Å². The van der Waals surface area contributed by atoms with Crippen LogP contribution in [0.1, 0.15) is 80.1 Å². The van der Waals surface area contributed by atoms with Gasteiger partial charge in [0, 0.05) is 11.8 Å². The highest BCUT2D eigenvalue weighted by Crippen LogP contribution is 2.44. The lowest BCUT2D eigenvalue weighted by Crippen LogP contribution is -2.47. The Hall–Kier alpha value is 0.310. The second-order valence-corrected chi connectivity index (χ2v) is 10.9. The van der Waals surface area contributed by atoms with Gasteiger partial charge in [0.1, 0.15) is 10.5 Å². The molecule has 1 nitrogen and oxygen atoms in total. The molecule has 0 aliphatic heterocycles. The fourth-order valence-electron chi connectivity index (χ4n) is 4.99. The molecule has 2 heteroatoms. The Morgan fingerprint density at radius 2 is 1.09 bits per heavy atom. The van der Waals surface area contributed by atoms with Gasteiger partial charge in [0.2, 0.25) is 0 Å². The van der Waals surface area contributed by atoms with Crippen LogP contribution in [0.4, 0.5) is 0 Å². The molecule has 0 spiro atoms. The summed E-state index contributed by atoms with van der Waals surface area (Å²) in [6.07, 6.45) is 7.67. The standard InChI is InChI=1S/C20H38OS/c1-13(2)17-9-7-15(5)11-19(17)22(21)20-12-16(6)8-10-18(20)14(3)4/h13-20H,7-12H2,1-6H3. The Balaban J connectivity index is 2.16. The van der Waals surface area contributed by atoms with Gasteiger partial charge in [-0.25, -0.2) is 0 Å². The van der Waals surface area contributed by atoms with Gasteiger partial charge in [0.25, 0.3) is 0 Å². The monoisotopic (exact) mass is 326 g/mol. The highest BCUT2D eigenvalue weighted by Gasteiger charge is 2.46. The predicted octanol–water partition coefficient (Wildman–Crippen LogP) is 5.66. The molecule has 22 heavy (non-hydrogen) atoms. The van der Waals surface area contributed by atoms with E-state index in [9.17, 15) is 4.55 Å². The van der Waals surface area contributed by atoms with Crippen molar-refractivity contribution in [2.45, 2.75) is 90.6 Å². The molecule has 6 atom stereocenters. The first-order valence-electron chi connectivity index (χ1n) is 9.70. The van der Waals surface area contributed by atoms with Crippen molar-refractivity contribution < 1.29 is 4.55 Å². The van der Waals surface area contributed by atoms with E-state index in [2.05, 4.69) is 41.5 Å². The van der Waals surface area contributed by atoms with Crippen LogP contribution < -0.4 is 0 Å². The van der Waals surface area contributed by atoms with Crippen molar-refractivity contribution >= 4 is 11.2 Å². The summed E-state index contributed by atoms with van der Waals surface area (Å²) in [5, 5.41) is 0.917. The van der Waals surface area contributed by atoms with Crippen LogP contribution in [-0.4, -0.2) is 15.1 Å². The summed E-state index contributed by atoms with van der Waals surface area (Å²) in [5.41, 5.74) is 0. The highest BCUT2D eigenvalue weighted by molar-refractivity contribution is 7.92. The third kappa shape index (κ3) is 4.23. The summed E-state index contributed by atoms with van der Waals surface area (Å²) in [7, 11) is 0. The summed E-state index contributed by atoms with van der Waals surface area (Å²) in [5.74, 6) is 4.26. The normalized spacial score (nSPS) is 41.9. The fourth-order valence-corrected chi connectivity index (χ4v) is 8.06. The Morgan fingerprint density at radius 3 is 1.41 bits per heavy atom. The van der Waals surface area contributed by atoms with Gasteiger partial charge in [0.05, 0.1) is 0 Å². The average molecular weight is 327 g/mol. The summed E-state index contributed by atoms with van der Waals surface area (Å²) in [6.45, 7) is 14.1. The van der Waals surface area contributed by atoms with Gasteiger partial charge >= 0.3 is 0 Å². The summed E-state index contributed by atoms with van der Waals surface area (Å²) in [6, 6.07) is 0. The van der Waals surface area contributed by atoms with E-state index in [1.165, 1.54) is 38.5 Å². The van der Waals surface area contributed by atoms with Crippen LogP contribution in [0.5, 0.6) is 0 Å². The van der Waals surface area contributed by atoms with Gasteiger partial charge in [-0.05, 0) is 60.5 Å². The maximum Gasteiger partial charge on any atom is 0.119 e. The zero-order valence-electron chi connectivity index (χ0n) is 15.7. The molecule has 2 fully saturated rings. The van der Waals surface area contributed by atoms with Crippen molar-refractivity contribution in [2.75, 3.05) is 0 Å². The third-order valence-corrected chi connectivity index (χ3v) is 8.80. The van der Waals surface area contributed by atoms with Crippen LogP contribution >= 0.6 is 0 Å². The quantitative estimate of drug-likeness (QED) is 0.612. The minimum atomic E-state index is -0.636. The second-order valence-electron chi connectivity index (χ2n) is 9.06. The van der Waals surface area contributed by atoms with Crippen molar-refractivity contribution in [3.8, 4) is 0 Å². The fraction of sp³-hybridized carbons (Fsp3) is 1.00. The molecule has 0 aromatic rings. The van der Waals surface area contributed by atoms with Crippen LogP contribution in [0.25, 0.3) is 0 Å². The molecule has 2 saturated carbocycles. The Bertz CT molecular complexity index is 309. The molecule has 0 heterocycles. The molecule has 0 radical (unpaired) electrons. The van der Waals surface area contributed by atoms with E-state index in [-0.39, 0.29) is 0 Å². The molecular formula is C20H38OS. The van der Waals surface area contributed by atoms with E-state index in [0.717, 1.165) is 11.8 Å². The topological polar surface area (TPSA) is 23.1 Å². The van der Waals surface area contributed by atoms with Crippen LogP contribution in [-0.2, 0) is 11.2 Å². The summed E-state index contributed by atoms with van der Waals surface area (Å²) < 4.78 is 13.6. The van der Waals surface area contributed by atoms with E-state index in [4.69, 9.17) is 0 Å². The smallest absolute Gasteiger partial charge is 0.119 e. The summed E-state index contributed by atoms with van der Waals surface area (Å²) in [4.78, 5) is 0. The molecular weight excluding hydrogens is 288 g/mol. The van der Waals surface area contributed by atoms with E-state index in [1.807, 2.05) is 0 Å². The maximum absolute atomic E-state index is 13.6. The van der Waals surface area contributed by atoms with Gasteiger partial charge in [-0.2, -0.15) is 0 Å². The molecule has 0 bridgehead atoms. The average Bonchev–Trinajstić information content (AvgIpc) is 2.45.